The SMILES string of the molecule is CC(C)(C)OC(=O)N[C@@H](CC(=O)N1CCn2c(nnc2C(F)(F)F)C1)Cc1cc(F)c(F)cc1F.CC(C)(C)OC(=O)N[C@@H](CC(=O)O)Cc1cc(F)c(F)cc1F.Cc1nnc2n1CCN(C(=O)C[C@H](N)Cc1cc(F)c(F)cc1F)C2. The van der Waals surface area contributed by atoms with Crippen LogP contribution >= 0.6 is 0 Å². The van der Waals surface area contributed by atoms with Crippen LogP contribution in [0.1, 0.15) is 101 Å². The molecule has 0 bridgehead atoms. The van der Waals surface area contributed by atoms with Crippen LogP contribution in [0.3, 0.4) is 0 Å². The fourth-order valence-corrected chi connectivity index (χ4v) is 8.34. The standard InChI is InChI=1S/C21H23F6N5O3.C16H18F3N5O.C15H18F3NO4/c1-20(2,3)35-19(34)28-12(6-11-7-14(23)15(24)9-13(11)22)8-17(33)31-4-5-32-16(10-31)29-30-18(32)21(25,26)27;1-9-21-22-15-8-23(2-3-24(9)15)16(25)6-11(20)4-10-5-13(18)14(19)7-12(10)17;1-15(2,3)23-14(22)19-9(6-13(20)21)4-8-5-11(17)12(18)7-10(8)16/h7,9,12H,4-6,8,10H2,1-3H3,(H,28,34);5,7,11H,2-4,6,8,20H2,1H3;5,7,9H,4,6H2,1-3H3,(H,19,22)(H,20,21)/t12-;11-;9-/m111/s1. The fourth-order valence-electron chi connectivity index (χ4n) is 8.34. The van der Waals surface area contributed by atoms with Gasteiger partial charge in [0, 0.05) is 75.3 Å². The molecule has 19 nitrogen and oxygen atoms in total. The maximum absolute atomic E-state index is 14.2. The molecule has 83 heavy (non-hydrogen) atoms. The highest BCUT2D eigenvalue weighted by Crippen LogP contribution is 2.30. The zero-order valence-corrected chi connectivity index (χ0v) is 45.7. The summed E-state index contributed by atoms with van der Waals surface area (Å²) in [5.74, 6) is -12.4. The van der Waals surface area contributed by atoms with Gasteiger partial charge in [-0.2, -0.15) is 13.2 Å². The fraction of sp³-hybridized carbons (Fsp3) is 0.481. The van der Waals surface area contributed by atoms with Crippen molar-refractivity contribution in [1.29, 1.82) is 0 Å². The van der Waals surface area contributed by atoms with Gasteiger partial charge in [0.15, 0.2) is 46.6 Å². The van der Waals surface area contributed by atoms with E-state index in [2.05, 4.69) is 31.0 Å². The number of benzene rings is 3. The average molecular weight is 1190 g/mol. The molecule has 454 valence electrons. The van der Waals surface area contributed by atoms with Gasteiger partial charge in [0.2, 0.25) is 17.6 Å². The van der Waals surface area contributed by atoms with Gasteiger partial charge in [-0.3, -0.25) is 14.4 Å². The predicted molar refractivity (Wildman–Crippen MR) is 266 cm³/mol. The van der Waals surface area contributed by atoms with E-state index < -0.39 is 131 Å². The maximum atomic E-state index is 14.2. The molecule has 0 saturated heterocycles. The Labute approximate surface area is 466 Å². The second-order valence-corrected chi connectivity index (χ2v) is 21.2. The number of nitrogens with two attached hydrogens (primary N) is 1. The molecule has 3 aromatic carbocycles. The molecule has 0 aliphatic carbocycles. The number of aromatic nitrogens is 6. The van der Waals surface area contributed by atoms with Crippen molar-refractivity contribution in [2.45, 2.75) is 149 Å². The number of amides is 4. The van der Waals surface area contributed by atoms with Gasteiger partial charge < -0.3 is 49.9 Å². The summed E-state index contributed by atoms with van der Waals surface area (Å²) in [5, 5.41) is 28.2. The predicted octanol–water partition coefficient (Wildman–Crippen LogP) is 7.90. The van der Waals surface area contributed by atoms with Gasteiger partial charge in [-0.1, -0.05) is 0 Å². The van der Waals surface area contributed by atoms with E-state index in [0.29, 0.717) is 55.8 Å². The third-order valence-electron chi connectivity index (χ3n) is 12.1. The topological polar surface area (TPSA) is 242 Å². The van der Waals surface area contributed by atoms with Crippen LogP contribution in [0, 0.1) is 59.3 Å². The van der Waals surface area contributed by atoms with Crippen LogP contribution in [-0.4, -0.2) is 117 Å². The highest BCUT2D eigenvalue weighted by molar-refractivity contribution is 5.78. The Kier molecular flexibility index (Phi) is 21.7. The second kappa shape index (κ2) is 27.4. The van der Waals surface area contributed by atoms with Crippen molar-refractivity contribution < 1.29 is 91.2 Å². The van der Waals surface area contributed by atoms with Gasteiger partial charge in [-0.15, -0.1) is 20.4 Å². The van der Waals surface area contributed by atoms with E-state index in [-0.39, 0.29) is 73.7 Å². The van der Waals surface area contributed by atoms with Crippen LogP contribution < -0.4 is 16.4 Å². The molecule has 0 saturated carbocycles. The number of alkyl halides is 3. The van der Waals surface area contributed by atoms with Crippen LogP contribution in [0.5, 0.6) is 0 Å². The number of halogens is 12. The van der Waals surface area contributed by atoms with Gasteiger partial charge in [-0.25, -0.2) is 49.1 Å². The number of carbonyl (C=O) groups is 5. The summed E-state index contributed by atoms with van der Waals surface area (Å²) >= 11 is 0. The van der Waals surface area contributed by atoms with Gasteiger partial charge in [0.25, 0.3) is 0 Å². The minimum absolute atomic E-state index is 0.0223. The Morgan fingerprint density at radius 3 is 1.34 bits per heavy atom. The summed E-state index contributed by atoms with van der Waals surface area (Å²) < 4.78 is 173. The highest BCUT2D eigenvalue weighted by atomic mass is 19.4. The zero-order chi connectivity index (χ0) is 62.1. The molecular weight excluding hydrogens is 1130 g/mol. The molecule has 2 aromatic heterocycles. The molecule has 2 aliphatic rings. The first-order valence-electron chi connectivity index (χ1n) is 25.3. The number of hydrogen-bond acceptors (Lipinski definition) is 12. The van der Waals surface area contributed by atoms with Gasteiger partial charge in [0.05, 0.1) is 19.5 Å². The van der Waals surface area contributed by atoms with E-state index in [1.165, 1.54) is 4.90 Å². The van der Waals surface area contributed by atoms with Crippen molar-refractivity contribution in [3.05, 3.63) is 129 Å². The van der Waals surface area contributed by atoms with E-state index in [4.69, 9.17) is 20.3 Å². The number of rotatable bonds is 14. The number of carboxylic acid groups (broad SMARTS) is 1. The largest absolute Gasteiger partial charge is 0.481 e. The first kappa shape index (κ1) is 65.8. The number of carboxylic acids is 1. The molecule has 4 heterocycles. The monoisotopic (exact) mass is 1190 g/mol. The lowest BCUT2D eigenvalue weighted by molar-refractivity contribution is -0.148. The molecule has 4 amide bonds. The van der Waals surface area contributed by atoms with Crippen LogP contribution in [0.4, 0.5) is 62.3 Å². The van der Waals surface area contributed by atoms with E-state index in [1.54, 1.807) is 46.4 Å². The molecule has 31 heteroatoms. The summed E-state index contributed by atoms with van der Waals surface area (Å²) in [6.07, 6.45) is -8.24. The number of aryl methyl sites for hydroxylation is 1. The Morgan fingerprint density at radius 2 is 0.916 bits per heavy atom. The number of aliphatic carboxylic acids is 1. The van der Waals surface area contributed by atoms with Crippen LogP contribution in [0.2, 0.25) is 0 Å². The maximum Gasteiger partial charge on any atom is 0.451 e. The molecule has 7 rings (SSSR count). The first-order chi connectivity index (χ1) is 38.5. The molecule has 0 radical (unpaired) electrons. The number of nitrogens with zero attached hydrogens (tertiary/aromatic N) is 8. The zero-order valence-electron chi connectivity index (χ0n) is 45.7. The Morgan fingerprint density at radius 1 is 0.542 bits per heavy atom. The van der Waals surface area contributed by atoms with Crippen molar-refractivity contribution in [3.63, 3.8) is 0 Å². The number of hydrogen-bond donors (Lipinski definition) is 4. The number of nitrogens with one attached hydrogen (secondary N) is 2. The summed E-state index contributed by atoms with van der Waals surface area (Å²) in [6.45, 7) is 12.4. The lowest BCUT2D eigenvalue weighted by Gasteiger charge is -2.30. The highest BCUT2D eigenvalue weighted by Gasteiger charge is 2.40. The smallest absolute Gasteiger partial charge is 0.451 e. The van der Waals surface area contributed by atoms with Gasteiger partial charge >= 0.3 is 24.3 Å². The minimum Gasteiger partial charge on any atom is -0.481 e. The number of carbonyl (C=O) groups excluding carboxylic acids is 4. The van der Waals surface area contributed by atoms with E-state index in [1.807, 2.05) is 11.5 Å². The van der Waals surface area contributed by atoms with Crippen LogP contribution in [0.15, 0.2) is 36.4 Å². The van der Waals surface area contributed by atoms with Gasteiger partial charge in [-0.05, 0) is 103 Å². The van der Waals surface area contributed by atoms with Crippen molar-refractivity contribution in [2.24, 2.45) is 5.73 Å². The third kappa shape index (κ3) is 19.6. The first-order valence-corrected chi connectivity index (χ1v) is 25.3. The van der Waals surface area contributed by atoms with E-state index in [9.17, 15) is 76.7 Å². The van der Waals surface area contributed by atoms with E-state index >= 15 is 0 Å². The normalized spacial score (nSPS) is 14.4. The molecular formula is C52H59F12N11O8. The van der Waals surface area contributed by atoms with Crippen molar-refractivity contribution >= 4 is 30.0 Å². The summed E-state index contributed by atoms with van der Waals surface area (Å²) in [7, 11) is 0. The summed E-state index contributed by atoms with van der Waals surface area (Å²) in [6, 6.07) is 0.414. The van der Waals surface area contributed by atoms with Crippen molar-refractivity contribution in [3.8, 4) is 0 Å². The lowest BCUT2D eigenvalue weighted by atomic mass is 10.0. The van der Waals surface area contributed by atoms with Gasteiger partial charge in [0.1, 0.15) is 34.5 Å². The minimum atomic E-state index is -4.70. The summed E-state index contributed by atoms with van der Waals surface area (Å²) in [4.78, 5) is 62.9. The molecule has 0 unspecified atom stereocenters. The average Bonchev–Trinajstić information content (AvgIpc) is 3.22. The molecule has 5 aromatic rings. The van der Waals surface area contributed by atoms with E-state index in [0.717, 1.165) is 16.5 Å². The summed E-state index contributed by atoms with van der Waals surface area (Å²) in [5.41, 5.74) is 3.64. The Hall–Kier alpha value is -7.99. The molecule has 0 spiro atoms. The van der Waals surface area contributed by atoms with Crippen LogP contribution in [0.25, 0.3) is 0 Å². The molecule has 3 atom stereocenters. The van der Waals surface area contributed by atoms with Crippen LogP contribution in [-0.2, 0) is 75.5 Å². The van der Waals surface area contributed by atoms with Crippen molar-refractivity contribution in [1.82, 2.24) is 50.0 Å². The second-order valence-electron chi connectivity index (χ2n) is 21.2. The quantitative estimate of drug-likeness (QED) is 0.0611. The Bertz CT molecular complexity index is 3160. The third-order valence-corrected chi connectivity index (χ3v) is 12.1. The molecule has 2 aliphatic heterocycles. The lowest BCUT2D eigenvalue weighted by Crippen LogP contribution is -2.45. The van der Waals surface area contributed by atoms with Crippen molar-refractivity contribution in [2.75, 3.05) is 13.1 Å². The number of ether oxygens (including phenoxy) is 2. The number of fused-ring (bicyclic) bond motifs is 2. The Balaban J connectivity index is 0.000000235. The number of alkyl carbamates (subject to hydrolysis) is 2. The molecule has 0 fully saturated rings. The molecule has 5 N–H and O–H groups in total.